The van der Waals surface area contributed by atoms with Crippen molar-refractivity contribution in [2.45, 2.75) is 44.0 Å². The molecule has 1 fully saturated rings. The van der Waals surface area contributed by atoms with Gasteiger partial charge in [0, 0.05) is 13.1 Å². The Kier molecular flexibility index (Phi) is 6.72. The normalized spacial score (nSPS) is 16.0. The number of benzene rings is 1. The molecule has 28 heavy (non-hydrogen) atoms. The Labute approximate surface area is 169 Å². The molecule has 2 aromatic rings. The number of rotatable bonds is 6. The number of esters is 1. The van der Waals surface area contributed by atoms with Gasteiger partial charge in [-0.15, -0.1) is 10.2 Å². The highest BCUT2D eigenvalue weighted by atomic mass is 32.2. The maximum Gasteiger partial charge on any atom is 0.309 e. The van der Waals surface area contributed by atoms with Crippen LogP contribution in [0.25, 0.3) is 5.69 Å². The van der Waals surface area contributed by atoms with Gasteiger partial charge in [-0.25, -0.2) is 0 Å². The predicted molar refractivity (Wildman–Crippen MR) is 107 cm³/mol. The van der Waals surface area contributed by atoms with E-state index in [2.05, 4.69) is 10.2 Å². The van der Waals surface area contributed by atoms with E-state index < -0.39 is 0 Å². The molecule has 1 saturated heterocycles. The molecule has 2 heterocycles. The Balaban J connectivity index is 1.61. The zero-order valence-electron chi connectivity index (χ0n) is 16.5. The third kappa shape index (κ3) is 4.55. The second-order valence-electron chi connectivity index (χ2n) is 6.88. The highest BCUT2D eigenvalue weighted by Crippen LogP contribution is 2.27. The van der Waals surface area contributed by atoms with Crippen molar-refractivity contribution >= 4 is 23.6 Å². The first kappa shape index (κ1) is 20.4. The Morgan fingerprint density at radius 1 is 1.29 bits per heavy atom. The summed E-state index contributed by atoms with van der Waals surface area (Å²) >= 11 is 1.40. The summed E-state index contributed by atoms with van der Waals surface area (Å²) in [6.45, 7) is 7.29. The molecule has 1 aliphatic heterocycles. The van der Waals surface area contributed by atoms with Crippen LogP contribution in [0.3, 0.4) is 0 Å². The van der Waals surface area contributed by atoms with Gasteiger partial charge in [-0.1, -0.05) is 30.0 Å². The summed E-state index contributed by atoms with van der Waals surface area (Å²) in [7, 11) is 0. The average molecular weight is 403 g/mol. The first-order chi connectivity index (χ1) is 13.5. The van der Waals surface area contributed by atoms with Gasteiger partial charge in [0.25, 0.3) is 0 Å². The van der Waals surface area contributed by atoms with Gasteiger partial charge in [0.1, 0.15) is 6.33 Å². The molecule has 1 aromatic heterocycles. The molecule has 0 bridgehead atoms. The van der Waals surface area contributed by atoms with Crippen LogP contribution in [0.5, 0.6) is 0 Å². The second kappa shape index (κ2) is 9.23. The lowest BCUT2D eigenvalue weighted by molar-refractivity contribution is -0.151. The number of aromatic nitrogens is 3. The molecular weight excluding hydrogens is 376 g/mol. The van der Waals surface area contributed by atoms with Crippen molar-refractivity contribution in [2.75, 3.05) is 19.7 Å². The minimum atomic E-state index is -0.286. The van der Waals surface area contributed by atoms with Crippen LogP contribution in [0.2, 0.25) is 0 Å². The van der Waals surface area contributed by atoms with Crippen molar-refractivity contribution in [2.24, 2.45) is 5.92 Å². The lowest BCUT2D eigenvalue weighted by Crippen LogP contribution is -2.43. The number of carbonyl (C=O) groups is 2. The van der Waals surface area contributed by atoms with Crippen LogP contribution < -0.4 is 0 Å². The fraction of sp³-hybridized carbons (Fsp3) is 0.500. The Morgan fingerprint density at radius 3 is 2.68 bits per heavy atom. The number of ether oxygens (including phenoxy) is 1. The van der Waals surface area contributed by atoms with Gasteiger partial charge in [-0.05, 0) is 45.2 Å². The number of piperidine rings is 1. The van der Waals surface area contributed by atoms with E-state index >= 15 is 0 Å². The number of carbonyl (C=O) groups excluding carboxylic acids is 2. The first-order valence-corrected chi connectivity index (χ1v) is 10.5. The van der Waals surface area contributed by atoms with Gasteiger partial charge in [0.2, 0.25) is 5.91 Å². The highest BCUT2D eigenvalue weighted by molar-refractivity contribution is 8.00. The number of hydrogen-bond donors (Lipinski definition) is 0. The molecule has 0 spiro atoms. The van der Waals surface area contributed by atoms with Crippen molar-refractivity contribution in [3.63, 3.8) is 0 Å². The molecule has 8 heteroatoms. The number of likely N-dealkylation sites (tertiary alicyclic amines) is 1. The number of amides is 1. The molecule has 1 aromatic carbocycles. The monoisotopic (exact) mass is 402 g/mol. The van der Waals surface area contributed by atoms with Crippen molar-refractivity contribution in [1.29, 1.82) is 0 Å². The van der Waals surface area contributed by atoms with Crippen LogP contribution >= 0.6 is 11.8 Å². The van der Waals surface area contributed by atoms with E-state index in [0.29, 0.717) is 37.7 Å². The van der Waals surface area contributed by atoms with Gasteiger partial charge in [-0.3, -0.25) is 14.2 Å². The van der Waals surface area contributed by atoms with Crippen LogP contribution in [0.15, 0.2) is 35.7 Å². The smallest absolute Gasteiger partial charge is 0.309 e. The number of hydrogen-bond acceptors (Lipinski definition) is 6. The Morgan fingerprint density at radius 2 is 2.00 bits per heavy atom. The van der Waals surface area contributed by atoms with Crippen molar-refractivity contribution < 1.29 is 14.3 Å². The fourth-order valence-electron chi connectivity index (χ4n) is 3.37. The third-order valence-electron chi connectivity index (χ3n) is 4.95. The molecule has 150 valence electrons. The highest BCUT2D eigenvalue weighted by Gasteiger charge is 2.31. The van der Waals surface area contributed by atoms with Crippen LogP contribution in [0.4, 0.5) is 0 Å². The van der Waals surface area contributed by atoms with E-state index in [1.807, 2.05) is 54.5 Å². The first-order valence-electron chi connectivity index (χ1n) is 9.59. The zero-order chi connectivity index (χ0) is 20.1. The second-order valence-corrected chi connectivity index (χ2v) is 8.19. The van der Waals surface area contributed by atoms with Gasteiger partial charge >= 0.3 is 5.97 Å². The summed E-state index contributed by atoms with van der Waals surface area (Å²) in [6.07, 6.45) is 2.98. The molecule has 0 radical (unpaired) electrons. The molecule has 1 aliphatic rings. The predicted octanol–water partition coefficient (Wildman–Crippen LogP) is 2.86. The number of para-hydroxylation sites is 1. The summed E-state index contributed by atoms with van der Waals surface area (Å²) < 4.78 is 7.01. The number of thioether (sulfide) groups is 1. The average Bonchev–Trinajstić information content (AvgIpc) is 3.16. The molecule has 0 aliphatic carbocycles. The van der Waals surface area contributed by atoms with E-state index in [1.165, 1.54) is 11.8 Å². The summed E-state index contributed by atoms with van der Waals surface area (Å²) in [5, 5.41) is 8.63. The molecular formula is C20H26N4O3S. The lowest BCUT2D eigenvalue weighted by Gasteiger charge is -2.32. The molecule has 1 atom stereocenters. The van der Waals surface area contributed by atoms with Gasteiger partial charge in [-0.2, -0.15) is 0 Å². The molecule has 7 nitrogen and oxygen atoms in total. The SMILES string of the molecule is CCOC(=O)C1CCN(C(=O)[C@@H](C)Sc2nncn2-c2ccccc2C)CC1. The summed E-state index contributed by atoms with van der Waals surface area (Å²) in [5.41, 5.74) is 2.12. The van der Waals surface area contributed by atoms with Gasteiger partial charge in [0.05, 0.1) is 23.5 Å². The quantitative estimate of drug-likeness (QED) is 0.546. The lowest BCUT2D eigenvalue weighted by atomic mass is 9.97. The number of aryl methyl sites for hydroxylation is 1. The van der Waals surface area contributed by atoms with Crippen molar-refractivity contribution in [1.82, 2.24) is 19.7 Å². The maximum absolute atomic E-state index is 12.9. The van der Waals surface area contributed by atoms with Crippen LogP contribution in [0.1, 0.15) is 32.3 Å². The summed E-state index contributed by atoms with van der Waals surface area (Å²) in [4.78, 5) is 26.6. The minimum Gasteiger partial charge on any atom is -0.466 e. The summed E-state index contributed by atoms with van der Waals surface area (Å²) in [5.74, 6) is -0.189. The summed E-state index contributed by atoms with van der Waals surface area (Å²) in [6, 6.07) is 8.00. The van der Waals surface area contributed by atoms with E-state index in [-0.39, 0.29) is 23.0 Å². The molecule has 1 amide bonds. The van der Waals surface area contributed by atoms with Crippen LogP contribution in [0, 0.1) is 12.8 Å². The largest absolute Gasteiger partial charge is 0.466 e. The molecule has 0 unspecified atom stereocenters. The standard InChI is InChI=1S/C20H26N4O3S/c1-4-27-19(26)16-9-11-23(12-10-16)18(25)15(3)28-20-22-21-13-24(20)17-8-6-5-7-14(17)2/h5-8,13,15-16H,4,9-12H2,1-3H3/t15-/m1/s1. The van der Waals surface area contributed by atoms with Gasteiger partial charge in [0.15, 0.2) is 5.16 Å². The van der Waals surface area contributed by atoms with E-state index in [9.17, 15) is 9.59 Å². The van der Waals surface area contributed by atoms with E-state index in [4.69, 9.17) is 4.74 Å². The van der Waals surface area contributed by atoms with E-state index in [0.717, 1.165) is 11.3 Å². The van der Waals surface area contributed by atoms with Crippen LogP contribution in [-0.2, 0) is 14.3 Å². The van der Waals surface area contributed by atoms with Gasteiger partial charge < -0.3 is 9.64 Å². The Bertz CT molecular complexity index is 830. The molecule has 3 rings (SSSR count). The maximum atomic E-state index is 12.9. The number of nitrogens with zero attached hydrogens (tertiary/aromatic N) is 4. The van der Waals surface area contributed by atoms with Crippen molar-refractivity contribution in [3.8, 4) is 5.69 Å². The molecule has 0 saturated carbocycles. The van der Waals surface area contributed by atoms with Crippen LogP contribution in [-0.4, -0.2) is 56.5 Å². The third-order valence-corrected chi connectivity index (χ3v) is 5.99. The fourth-order valence-corrected chi connectivity index (χ4v) is 4.28. The van der Waals surface area contributed by atoms with E-state index in [1.54, 1.807) is 6.33 Å². The minimum absolute atomic E-state index is 0.0617. The molecule has 0 N–H and O–H groups in total. The van der Waals surface area contributed by atoms with Crippen molar-refractivity contribution in [3.05, 3.63) is 36.2 Å². The zero-order valence-corrected chi connectivity index (χ0v) is 17.3. The Hall–Kier alpha value is -2.35. The topological polar surface area (TPSA) is 77.3 Å².